The lowest BCUT2D eigenvalue weighted by molar-refractivity contribution is 0.0475. The molecule has 0 bridgehead atoms. The number of carbonyl (C=O) groups is 2. The Balaban J connectivity index is 1.74. The maximum absolute atomic E-state index is 12.6. The minimum atomic E-state index is -0.494. The number of para-hydroxylation sites is 1. The Kier molecular flexibility index (Phi) is 5.46. The Hall–Kier alpha value is -2.86. The van der Waals surface area contributed by atoms with E-state index in [2.05, 4.69) is 4.98 Å². The lowest BCUT2D eigenvalue weighted by Crippen LogP contribution is -2.16. The minimum Gasteiger partial charge on any atom is -0.454 e. The molecule has 0 amide bonds. The lowest BCUT2D eigenvalue weighted by Gasteiger charge is -2.09. The molecule has 0 aliphatic carbocycles. The van der Waals surface area contributed by atoms with Gasteiger partial charge in [-0.25, -0.2) is 4.79 Å². The number of rotatable bonds is 7. The van der Waals surface area contributed by atoms with E-state index in [1.54, 1.807) is 7.11 Å². The third-order valence-electron chi connectivity index (χ3n) is 4.83. The van der Waals surface area contributed by atoms with Gasteiger partial charge in [0.05, 0.1) is 12.2 Å². The summed E-state index contributed by atoms with van der Waals surface area (Å²) in [6.45, 7) is 6.62. The third kappa shape index (κ3) is 3.66. The lowest BCUT2D eigenvalue weighted by atomic mass is 10.1. The molecule has 0 saturated heterocycles. The smallest absolute Gasteiger partial charge is 0.341 e. The summed E-state index contributed by atoms with van der Waals surface area (Å²) >= 11 is 0. The first-order valence-corrected chi connectivity index (χ1v) is 8.87. The van der Waals surface area contributed by atoms with Crippen LogP contribution in [0.3, 0.4) is 0 Å². The van der Waals surface area contributed by atoms with Crippen LogP contribution < -0.4 is 0 Å². The van der Waals surface area contributed by atoms with Crippen molar-refractivity contribution in [3.8, 4) is 0 Å². The van der Waals surface area contributed by atoms with Crippen LogP contribution in [0.25, 0.3) is 10.9 Å². The van der Waals surface area contributed by atoms with Crippen LogP contribution in [0.5, 0.6) is 0 Å². The van der Waals surface area contributed by atoms with Gasteiger partial charge in [-0.3, -0.25) is 4.79 Å². The number of esters is 1. The van der Waals surface area contributed by atoms with Crippen molar-refractivity contribution in [1.29, 1.82) is 0 Å². The molecule has 3 aromatic rings. The number of ether oxygens (including phenoxy) is 2. The van der Waals surface area contributed by atoms with Gasteiger partial charge in [0.2, 0.25) is 5.78 Å². The summed E-state index contributed by atoms with van der Waals surface area (Å²) in [6.07, 6.45) is 0. The Morgan fingerprint density at radius 1 is 1.15 bits per heavy atom. The first-order valence-electron chi connectivity index (χ1n) is 8.87. The van der Waals surface area contributed by atoms with Crippen molar-refractivity contribution in [3.63, 3.8) is 0 Å². The third-order valence-corrected chi connectivity index (χ3v) is 4.83. The van der Waals surface area contributed by atoms with Crippen LogP contribution in [-0.4, -0.2) is 41.6 Å². The number of H-pyrrole nitrogens is 1. The van der Waals surface area contributed by atoms with E-state index in [0.717, 1.165) is 28.0 Å². The number of nitrogens with zero attached hydrogens (tertiary/aromatic N) is 1. The molecular formula is C21H24N2O4. The Labute approximate surface area is 158 Å². The molecule has 6 nitrogen and oxygen atoms in total. The number of aromatic nitrogens is 2. The number of benzene rings is 1. The predicted octanol–water partition coefficient (Wildman–Crippen LogP) is 3.58. The normalized spacial score (nSPS) is 11.1. The van der Waals surface area contributed by atoms with Crippen LogP contribution in [0.1, 0.15) is 37.8 Å². The maximum Gasteiger partial charge on any atom is 0.341 e. The molecule has 0 saturated carbocycles. The molecule has 2 aromatic heterocycles. The highest BCUT2D eigenvalue weighted by molar-refractivity contribution is 6.07. The fraction of sp³-hybridized carbons (Fsp3) is 0.333. The summed E-state index contributed by atoms with van der Waals surface area (Å²) in [5, 5.41) is 0.796. The van der Waals surface area contributed by atoms with Gasteiger partial charge in [-0.2, -0.15) is 0 Å². The van der Waals surface area contributed by atoms with E-state index in [0.29, 0.717) is 24.3 Å². The van der Waals surface area contributed by atoms with Gasteiger partial charge in [-0.05, 0) is 32.9 Å². The number of ketones is 1. The molecule has 0 spiro atoms. The van der Waals surface area contributed by atoms with E-state index < -0.39 is 5.97 Å². The van der Waals surface area contributed by atoms with Gasteiger partial charge in [0, 0.05) is 47.2 Å². The van der Waals surface area contributed by atoms with Gasteiger partial charge >= 0.3 is 5.97 Å². The SMILES string of the molecule is COCCn1c(C)cc(C(=O)COC(=O)c2c(C)[nH]c3ccccc23)c1C. The molecule has 1 aromatic carbocycles. The van der Waals surface area contributed by atoms with E-state index in [1.807, 2.05) is 55.7 Å². The highest BCUT2D eigenvalue weighted by atomic mass is 16.5. The van der Waals surface area contributed by atoms with Gasteiger partial charge in [-0.1, -0.05) is 18.2 Å². The molecule has 0 atom stereocenters. The number of nitrogens with one attached hydrogen (secondary N) is 1. The number of hydrogen-bond donors (Lipinski definition) is 1. The number of methoxy groups -OCH3 is 1. The van der Waals surface area contributed by atoms with Crippen LogP contribution in [0.2, 0.25) is 0 Å². The van der Waals surface area contributed by atoms with Crippen molar-refractivity contribution in [3.05, 3.63) is 58.5 Å². The quantitative estimate of drug-likeness (QED) is 0.511. The van der Waals surface area contributed by atoms with Crippen LogP contribution in [0, 0.1) is 20.8 Å². The average Bonchev–Trinajstić information content (AvgIpc) is 3.13. The second-order valence-corrected chi connectivity index (χ2v) is 6.60. The van der Waals surface area contributed by atoms with Crippen molar-refractivity contribution in [2.75, 3.05) is 20.3 Å². The Bertz CT molecular complexity index is 997. The van der Waals surface area contributed by atoms with E-state index in [-0.39, 0.29) is 12.4 Å². The largest absolute Gasteiger partial charge is 0.454 e. The van der Waals surface area contributed by atoms with E-state index in [4.69, 9.17) is 9.47 Å². The fourth-order valence-corrected chi connectivity index (χ4v) is 3.43. The molecule has 0 unspecified atom stereocenters. The van der Waals surface area contributed by atoms with E-state index in [1.165, 1.54) is 0 Å². The van der Waals surface area contributed by atoms with E-state index in [9.17, 15) is 9.59 Å². The van der Waals surface area contributed by atoms with Crippen molar-refractivity contribution >= 4 is 22.7 Å². The number of aromatic amines is 1. The number of Topliss-reactive ketones (excluding diaryl/α,β-unsaturated/α-hetero) is 1. The van der Waals surface area contributed by atoms with Gasteiger partial charge in [0.1, 0.15) is 0 Å². The van der Waals surface area contributed by atoms with Gasteiger partial charge in [0.15, 0.2) is 6.61 Å². The zero-order valence-corrected chi connectivity index (χ0v) is 16.1. The Morgan fingerprint density at radius 3 is 2.63 bits per heavy atom. The van der Waals surface area contributed by atoms with Gasteiger partial charge in [-0.15, -0.1) is 0 Å². The van der Waals surface area contributed by atoms with Crippen LogP contribution >= 0.6 is 0 Å². The zero-order valence-electron chi connectivity index (χ0n) is 16.1. The molecule has 2 heterocycles. The monoisotopic (exact) mass is 368 g/mol. The topological polar surface area (TPSA) is 73.3 Å². The number of fused-ring (bicyclic) bond motifs is 1. The molecule has 0 aliphatic rings. The Morgan fingerprint density at radius 2 is 1.89 bits per heavy atom. The summed E-state index contributed by atoms with van der Waals surface area (Å²) in [5.41, 5.74) is 4.48. The molecule has 0 radical (unpaired) electrons. The number of carbonyl (C=O) groups excluding carboxylic acids is 2. The summed E-state index contributed by atoms with van der Waals surface area (Å²) in [6, 6.07) is 9.36. The molecule has 142 valence electrons. The van der Waals surface area contributed by atoms with Crippen molar-refractivity contribution in [2.45, 2.75) is 27.3 Å². The summed E-state index contributed by atoms with van der Waals surface area (Å²) < 4.78 is 12.5. The molecular weight excluding hydrogens is 344 g/mol. The van der Waals surface area contributed by atoms with Crippen LogP contribution in [-0.2, 0) is 16.0 Å². The van der Waals surface area contributed by atoms with Crippen molar-refractivity contribution in [1.82, 2.24) is 9.55 Å². The second kappa shape index (κ2) is 7.80. The molecule has 1 N–H and O–H groups in total. The van der Waals surface area contributed by atoms with Crippen molar-refractivity contribution < 1.29 is 19.1 Å². The highest BCUT2D eigenvalue weighted by Gasteiger charge is 2.21. The van der Waals surface area contributed by atoms with E-state index >= 15 is 0 Å². The van der Waals surface area contributed by atoms with Gasteiger partial charge in [0.25, 0.3) is 0 Å². The van der Waals surface area contributed by atoms with Gasteiger partial charge < -0.3 is 19.0 Å². The average molecular weight is 368 g/mol. The standard InChI is InChI=1S/C21H24N2O4/c1-13-11-17(15(3)23(13)9-10-26-4)19(24)12-27-21(25)20-14(2)22-18-8-6-5-7-16(18)20/h5-8,11,22H,9-10,12H2,1-4H3. The predicted molar refractivity (Wildman–Crippen MR) is 103 cm³/mol. The van der Waals surface area contributed by atoms with Crippen molar-refractivity contribution in [2.24, 2.45) is 0 Å². The molecule has 27 heavy (non-hydrogen) atoms. The maximum atomic E-state index is 12.6. The summed E-state index contributed by atoms with van der Waals surface area (Å²) in [5.74, 6) is -0.705. The molecule has 0 aliphatic heterocycles. The number of aryl methyl sites for hydroxylation is 2. The summed E-state index contributed by atoms with van der Waals surface area (Å²) in [7, 11) is 1.65. The minimum absolute atomic E-state index is 0.211. The molecule has 0 fully saturated rings. The highest BCUT2D eigenvalue weighted by Crippen LogP contribution is 2.23. The van der Waals surface area contributed by atoms with Crippen LogP contribution in [0.4, 0.5) is 0 Å². The number of hydrogen-bond acceptors (Lipinski definition) is 4. The molecule has 6 heteroatoms. The fourth-order valence-electron chi connectivity index (χ4n) is 3.43. The summed E-state index contributed by atoms with van der Waals surface area (Å²) in [4.78, 5) is 28.3. The first-order chi connectivity index (χ1) is 12.9. The zero-order chi connectivity index (χ0) is 19.6. The van der Waals surface area contributed by atoms with Crippen LogP contribution in [0.15, 0.2) is 30.3 Å². The first kappa shape index (κ1) is 18.9. The second-order valence-electron chi connectivity index (χ2n) is 6.60. The molecule has 3 rings (SSSR count).